The van der Waals surface area contributed by atoms with Crippen LogP contribution in [0.5, 0.6) is 0 Å². The average Bonchev–Trinajstić information content (AvgIpc) is 3.07. The van der Waals surface area contributed by atoms with Gasteiger partial charge in [-0.2, -0.15) is 9.36 Å². The Morgan fingerprint density at radius 1 is 1.17 bits per heavy atom. The second kappa shape index (κ2) is 9.32. The topological polar surface area (TPSA) is 52.7 Å². The molecule has 0 spiro atoms. The van der Waals surface area contributed by atoms with Crippen LogP contribution in [-0.2, 0) is 5.54 Å². The van der Waals surface area contributed by atoms with E-state index in [1.807, 2.05) is 63.3 Å². The summed E-state index contributed by atoms with van der Waals surface area (Å²) >= 11 is 0. The highest BCUT2D eigenvalue weighted by Gasteiger charge is 2.29. The van der Waals surface area contributed by atoms with Gasteiger partial charge in [-0.3, -0.25) is 0 Å². The first-order chi connectivity index (χ1) is 13.7. The van der Waals surface area contributed by atoms with Gasteiger partial charge >= 0.3 is 5.69 Å². The van der Waals surface area contributed by atoms with Crippen LogP contribution in [0.2, 0.25) is 0 Å². The van der Waals surface area contributed by atoms with Crippen LogP contribution in [0, 0.1) is 5.92 Å². The summed E-state index contributed by atoms with van der Waals surface area (Å²) in [6.07, 6.45) is 10.1. The zero-order valence-electron chi connectivity index (χ0n) is 17.8. The highest BCUT2D eigenvalue weighted by molar-refractivity contribution is 5.62. The van der Waals surface area contributed by atoms with Gasteiger partial charge in [0.1, 0.15) is 0 Å². The summed E-state index contributed by atoms with van der Waals surface area (Å²) in [5.74, 6) is 0.186. The van der Waals surface area contributed by atoms with Crippen molar-refractivity contribution in [2.45, 2.75) is 39.7 Å². The highest BCUT2D eigenvalue weighted by Crippen LogP contribution is 2.27. The fourth-order valence-electron chi connectivity index (χ4n) is 3.33. The Kier molecular flexibility index (Phi) is 7.10. The molecule has 5 nitrogen and oxygen atoms in total. The third-order valence-electron chi connectivity index (χ3n) is 4.87. The van der Waals surface area contributed by atoms with E-state index < -0.39 is 5.54 Å². The van der Waals surface area contributed by atoms with E-state index in [1.54, 1.807) is 12.2 Å². The van der Waals surface area contributed by atoms with E-state index in [0.29, 0.717) is 12.1 Å². The summed E-state index contributed by atoms with van der Waals surface area (Å²) < 4.78 is 2.78. The quantitative estimate of drug-likeness (QED) is 0.561. The average molecular weight is 391 g/mol. The van der Waals surface area contributed by atoms with Crippen molar-refractivity contribution in [2.75, 3.05) is 0 Å². The smallest absolute Gasteiger partial charge is 0.244 e. The maximum absolute atomic E-state index is 13.0. The summed E-state index contributed by atoms with van der Waals surface area (Å²) in [4.78, 5) is 13.0. The molecule has 1 aromatic heterocycles. The molecule has 0 aliphatic rings. The minimum atomic E-state index is -0.519. The number of rotatable bonds is 9. The molecule has 1 aromatic carbocycles. The zero-order chi connectivity index (χ0) is 21.6. The normalized spacial score (nSPS) is 13.4. The number of hydrogen-bond acceptors (Lipinski definition) is 3. The van der Waals surface area contributed by atoms with Crippen LogP contribution in [-0.4, -0.2) is 19.8 Å². The van der Waals surface area contributed by atoms with Crippen molar-refractivity contribution in [3.05, 3.63) is 96.0 Å². The second-order valence-corrected chi connectivity index (χ2v) is 7.83. The number of hydrogen-bond donors (Lipinski definition) is 0. The van der Waals surface area contributed by atoms with E-state index in [9.17, 15) is 4.79 Å². The number of allylic oxidation sites excluding steroid dienone is 7. The van der Waals surface area contributed by atoms with Crippen LogP contribution >= 0.6 is 0 Å². The van der Waals surface area contributed by atoms with Crippen molar-refractivity contribution in [3.8, 4) is 5.69 Å². The first-order valence-corrected chi connectivity index (χ1v) is 9.65. The molecule has 0 aliphatic carbocycles. The van der Waals surface area contributed by atoms with E-state index in [1.165, 1.54) is 9.36 Å². The molecule has 0 fully saturated rings. The van der Waals surface area contributed by atoms with Gasteiger partial charge in [0, 0.05) is 0 Å². The lowest BCUT2D eigenvalue weighted by Gasteiger charge is -2.27. The molecule has 2 rings (SSSR count). The van der Waals surface area contributed by atoms with Gasteiger partial charge in [0.15, 0.2) is 0 Å². The van der Waals surface area contributed by atoms with E-state index >= 15 is 0 Å². The molecule has 152 valence electrons. The molecule has 0 bridgehead atoms. The summed E-state index contributed by atoms with van der Waals surface area (Å²) in [5, 5.41) is 8.27. The first kappa shape index (κ1) is 22.1. The summed E-state index contributed by atoms with van der Waals surface area (Å²) in [7, 11) is 0. The monoisotopic (exact) mass is 390 g/mol. The first-order valence-electron chi connectivity index (χ1n) is 9.65. The van der Waals surface area contributed by atoms with Gasteiger partial charge < -0.3 is 0 Å². The summed E-state index contributed by atoms with van der Waals surface area (Å²) in [5.41, 5.74) is 3.00. The molecule has 1 heterocycles. The molecule has 0 radical (unpaired) electrons. The van der Waals surface area contributed by atoms with Crippen molar-refractivity contribution in [1.29, 1.82) is 0 Å². The van der Waals surface area contributed by atoms with Gasteiger partial charge in [0.25, 0.3) is 0 Å². The van der Waals surface area contributed by atoms with E-state index in [2.05, 4.69) is 37.1 Å². The molecule has 1 unspecified atom stereocenters. The predicted octanol–water partition coefficient (Wildman–Crippen LogP) is 5.08. The maximum atomic E-state index is 13.0. The number of nitrogens with zero attached hydrogens (tertiary/aromatic N) is 4. The SMILES string of the molecule is C=C/C=C\C(=C/C=C)C(C)CC(C)(C)n1nnn(-c2ccc(C(=C)C)cc2)c1=O. The Morgan fingerprint density at radius 2 is 1.83 bits per heavy atom. The molecule has 0 N–H and O–H groups in total. The van der Waals surface area contributed by atoms with Crippen molar-refractivity contribution >= 4 is 5.57 Å². The molecule has 2 aromatic rings. The summed E-state index contributed by atoms with van der Waals surface area (Å²) in [6, 6.07) is 7.55. The van der Waals surface area contributed by atoms with E-state index in [0.717, 1.165) is 16.7 Å². The van der Waals surface area contributed by atoms with Crippen LogP contribution in [0.25, 0.3) is 11.3 Å². The summed E-state index contributed by atoms with van der Waals surface area (Å²) in [6.45, 7) is 19.5. The van der Waals surface area contributed by atoms with Crippen LogP contribution < -0.4 is 5.69 Å². The van der Waals surface area contributed by atoms with E-state index in [-0.39, 0.29) is 11.6 Å². The van der Waals surface area contributed by atoms with Gasteiger partial charge in [-0.05, 0) is 66.8 Å². The van der Waals surface area contributed by atoms with Gasteiger partial charge in [0.2, 0.25) is 0 Å². The van der Waals surface area contributed by atoms with Gasteiger partial charge in [-0.1, -0.05) is 74.7 Å². The Balaban J connectivity index is 2.32. The number of benzene rings is 1. The molecule has 5 heteroatoms. The molecular formula is C24H30N4O. The minimum absolute atomic E-state index is 0.186. The van der Waals surface area contributed by atoms with Crippen molar-refractivity contribution in [3.63, 3.8) is 0 Å². The van der Waals surface area contributed by atoms with Crippen LogP contribution in [0.3, 0.4) is 0 Å². The highest BCUT2D eigenvalue weighted by atomic mass is 16.2. The lowest BCUT2D eigenvalue weighted by atomic mass is 9.86. The fraction of sp³-hybridized carbons (Fsp3) is 0.292. The Bertz CT molecular complexity index is 1000. The van der Waals surface area contributed by atoms with Crippen LogP contribution in [0.4, 0.5) is 0 Å². The van der Waals surface area contributed by atoms with Gasteiger partial charge in [-0.25, -0.2) is 4.79 Å². The van der Waals surface area contributed by atoms with Gasteiger partial charge in [0.05, 0.1) is 11.2 Å². The van der Waals surface area contributed by atoms with Crippen LogP contribution in [0.15, 0.2) is 84.8 Å². The standard InChI is InChI=1S/C24H30N4O/c1-8-10-12-21(11-9-2)19(5)17-24(6,7)28-23(29)27(25-26-28)22-15-13-20(14-16-22)18(3)4/h8-16,19H,1-3,17H2,4-7H3/b12-10-,21-11+. The van der Waals surface area contributed by atoms with Crippen molar-refractivity contribution in [2.24, 2.45) is 5.92 Å². The zero-order valence-corrected chi connectivity index (χ0v) is 17.8. The second-order valence-electron chi connectivity index (χ2n) is 7.83. The molecule has 1 atom stereocenters. The molecule has 0 saturated carbocycles. The van der Waals surface area contributed by atoms with Crippen LogP contribution in [0.1, 0.15) is 39.7 Å². The molecular weight excluding hydrogens is 360 g/mol. The number of tetrazole rings is 1. The van der Waals surface area contributed by atoms with Gasteiger partial charge in [-0.15, -0.1) is 0 Å². The van der Waals surface area contributed by atoms with Crippen molar-refractivity contribution < 1.29 is 0 Å². The largest absolute Gasteiger partial charge is 0.368 e. The minimum Gasteiger partial charge on any atom is -0.244 e. The lowest BCUT2D eigenvalue weighted by Crippen LogP contribution is -2.39. The molecule has 29 heavy (non-hydrogen) atoms. The molecule has 0 aliphatic heterocycles. The Morgan fingerprint density at radius 3 is 2.38 bits per heavy atom. The van der Waals surface area contributed by atoms with E-state index in [4.69, 9.17) is 0 Å². The molecule has 0 amide bonds. The molecule has 0 saturated heterocycles. The predicted molar refractivity (Wildman–Crippen MR) is 121 cm³/mol. The maximum Gasteiger partial charge on any atom is 0.368 e. The Hall–Kier alpha value is -3.21. The Labute approximate surface area is 173 Å². The lowest BCUT2D eigenvalue weighted by molar-refractivity contribution is 0.254. The number of aromatic nitrogens is 4. The third-order valence-corrected chi connectivity index (χ3v) is 4.87. The third kappa shape index (κ3) is 5.19. The van der Waals surface area contributed by atoms with Crippen molar-refractivity contribution in [1.82, 2.24) is 19.8 Å². The fourth-order valence-corrected chi connectivity index (χ4v) is 3.33.